The molecule has 0 N–H and O–H groups in total. The lowest BCUT2D eigenvalue weighted by atomic mass is 10.0. The van der Waals surface area contributed by atoms with Gasteiger partial charge >= 0.3 is 0 Å². The van der Waals surface area contributed by atoms with Crippen molar-refractivity contribution >= 4 is 38.1 Å². The maximum Gasteiger partial charge on any atom is 0.0972 e. The smallest absolute Gasteiger partial charge is 0.0972 e. The molecule has 4 aromatic carbocycles. The zero-order valence-corrected chi connectivity index (χ0v) is 21.9. The molecule has 0 amide bonds. The highest BCUT2D eigenvalue weighted by Crippen LogP contribution is 2.36. The standard InChI is InChI=1S/C36H24N4/c1-23-33(39-40-32(24-9-3-2-4-10-24)22-27-11-5-6-15-30(27)36(23)40)29-13-7-12-28(21-29)31-19-18-26-17-16-25-14-8-20-37-34(25)35(26)38-31/h2-22H,1H3. The summed E-state index contributed by atoms with van der Waals surface area (Å²) in [6.07, 6.45) is 1.83. The fourth-order valence-electron chi connectivity index (χ4n) is 5.83. The zero-order chi connectivity index (χ0) is 26.6. The van der Waals surface area contributed by atoms with Crippen molar-refractivity contribution in [2.24, 2.45) is 0 Å². The number of aryl methyl sites for hydroxylation is 1. The monoisotopic (exact) mass is 512 g/mol. The van der Waals surface area contributed by atoms with Crippen molar-refractivity contribution in [3.63, 3.8) is 0 Å². The Morgan fingerprint density at radius 2 is 1.30 bits per heavy atom. The summed E-state index contributed by atoms with van der Waals surface area (Å²) < 4.78 is 2.11. The Balaban J connectivity index is 1.33. The summed E-state index contributed by atoms with van der Waals surface area (Å²) in [4.78, 5) is 9.71. The van der Waals surface area contributed by atoms with E-state index in [2.05, 4.69) is 126 Å². The molecule has 0 atom stereocenters. The van der Waals surface area contributed by atoms with Gasteiger partial charge in [-0.2, -0.15) is 5.10 Å². The molecule has 0 fully saturated rings. The third-order valence-electron chi connectivity index (χ3n) is 7.79. The summed E-state index contributed by atoms with van der Waals surface area (Å²) in [5.74, 6) is 0. The van der Waals surface area contributed by atoms with Crippen molar-refractivity contribution in [2.75, 3.05) is 0 Å². The van der Waals surface area contributed by atoms with E-state index in [1.165, 1.54) is 10.8 Å². The van der Waals surface area contributed by atoms with E-state index in [1.54, 1.807) is 0 Å². The quantitative estimate of drug-likeness (QED) is 0.222. The number of fused-ring (bicyclic) bond motifs is 6. The number of rotatable bonds is 3. The van der Waals surface area contributed by atoms with E-state index in [4.69, 9.17) is 10.1 Å². The zero-order valence-electron chi connectivity index (χ0n) is 21.9. The summed E-state index contributed by atoms with van der Waals surface area (Å²) in [6.45, 7) is 2.18. The molecule has 0 bridgehead atoms. The largest absolute Gasteiger partial charge is 0.254 e. The molecule has 4 nitrogen and oxygen atoms in total. The van der Waals surface area contributed by atoms with Crippen LogP contribution >= 0.6 is 0 Å². The topological polar surface area (TPSA) is 43.1 Å². The number of hydrogen-bond donors (Lipinski definition) is 0. The lowest BCUT2D eigenvalue weighted by Gasteiger charge is -2.09. The van der Waals surface area contributed by atoms with Crippen LogP contribution < -0.4 is 0 Å². The molecule has 4 aromatic heterocycles. The lowest BCUT2D eigenvalue weighted by molar-refractivity contribution is 0.979. The summed E-state index contributed by atoms with van der Waals surface area (Å²) in [7, 11) is 0. The third-order valence-corrected chi connectivity index (χ3v) is 7.79. The number of benzene rings is 4. The second kappa shape index (κ2) is 8.85. The summed E-state index contributed by atoms with van der Waals surface area (Å²) in [5, 5.41) is 9.81. The fraction of sp³-hybridized carbons (Fsp3) is 0.0278. The SMILES string of the molecule is Cc1c(-c2cccc(-c3ccc4ccc5cccnc5c4n3)c2)nn2c(-c3ccccc3)cc3ccccc3c12. The third kappa shape index (κ3) is 3.50. The highest BCUT2D eigenvalue weighted by Gasteiger charge is 2.18. The fourth-order valence-corrected chi connectivity index (χ4v) is 5.83. The maximum absolute atomic E-state index is 5.22. The molecule has 0 unspecified atom stereocenters. The molecular formula is C36H24N4. The minimum atomic E-state index is 0.920. The summed E-state index contributed by atoms with van der Waals surface area (Å²) >= 11 is 0. The first kappa shape index (κ1) is 22.6. The summed E-state index contributed by atoms with van der Waals surface area (Å²) in [6, 6.07) is 42.3. The second-order valence-corrected chi connectivity index (χ2v) is 10.2. The molecule has 188 valence electrons. The molecular weight excluding hydrogens is 488 g/mol. The van der Waals surface area contributed by atoms with Crippen LogP contribution in [0.3, 0.4) is 0 Å². The van der Waals surface area contributed by atoms with Gasteiger partial charge in [0.15, 0.2) is 0 Å². The first-order valence-electron chi connectivity index (χ1n) is 13.5. The second-order valence-electron chi connectivity index (χ2n) is 10.2. The van der Waals surface area contributed by atoms with Crippen molar-refractivity contribution in [1.29, 1.82) is 0 Å². The molecule has 0 spiro atoms. The van der Waals surface area contributed by atoms with Crippen molar-refractivity contribution in [1.82, 2.24) is 19.6 Å². The van der Waals surface area contributed by atoms with Crippen LogP contribution in [0.25, 0.3) is 71.9 Å². The van der Waals surface area contributed by atoms with E-state index in [0.717, 1.165) is 66.7 Å². The first-order chi connectivity index (χ1) is 19.7. The Labute approximate surface area is 231 Å². The molecule has 40 heavy (non-hydrogen) atoms. The van der Waals surface area contributed by atoms with Crippen LogP contribution in [0.15, 0.2) is 128 Å². The maximum atomic E-state index is 5.22. The Hall–Kier alpha value is -5.35. The molecule has 0 aliphatic carbocycles. The van der Waals surface area contributed by atoms with Gasteiger partial charge in [-0.3, -0.25) is 4.98 Å². The van der Waals surface area contributed by atoms with Gasteiger partial charge in [-0.25, -0.2) is 9.50 Å². The van der Waals surface area contributed by atoms with Crippen LogP contribution in [-0.4, -0.2) is 19.6 Å². The molecule has 4 heteroatoms. The van der Waals surface area contributed by atoms with Gasteiger partial charge in [0.1, 0.15) is 0 Å². The van der Waals surface area contributed by atoms with Crippen molar-refractivity contribution in [2.45, 2.75) is 6.92 Å². The average molecular weight is 513 g/mol. The van der Waals surface area contributed by atoms with Crippen LogP contribution in [0.5, 0.6) is 0 Å². The van der Waals surface area contributed by atoms with E-state index in [1.807, 2.05) is 18.3 Å². The van der Waals surface area contributed by atoms with E-state index >= 15 is 0 Å². The van der Waals surface area contributed by atoms with Gasteiger partial charge in [-0.05, 0) is 36.6 Å². The number of aromatic nitrogens is 4. The molecule has 0 radical (unpaired) electrons. The number of nitrogens with zero attached hydrogens (tertiary/aromatic N) is 4. The van der Waals surface area contributed by atoms with Gasteiger partial charge in [0, 0.05) is 44.6 Å². The number of pyridine rings is 3. The Bertz CT molecular complexity index is 2230. The first-order valence-corrected chi connectivity index (χ1v) is 13.5. The predicted molar refractivity (Wildman–Crippen MR) is 164 cm³/mol. The molecule has 0 saturated carbocycles. The van der Waals surface area contributed by atoms with Crippen molar-refractivity contribution in [3.05, 3.63) is 133 Å². The van der Waals surface area contributed by atoms with Gasteiger partial charge in [0.05, 0.1) is 33.6 Å². The van der Waals surface area contributed by atoms with Crippen molar-refractivity contribution < 1.29 is 0 Å². The van der Waals surface area contributed by atoms with E-state index in [9.17, 15) is 0 Å². The van der Waals surface area contributed by atoms with Gasteiger partial charge in [0.25, 0.3) is 0 Å². The molecule has 8 rings (SSSR count). The van der Waals surface area contributed by atoms with Crippen molar-refractivity contribution in [3.8, 4) is 33.8 Å². The van der Waals surface area contributed by atoms with Crippen LogP contribution in [0.2, 0.25) is 0 Å². The molecule has 0 aliphatic rings. The molecule has 0 aliphatic heterocycles. The van der Waals surface area contributed by atoms with E-state index in [-0.39, 0.29) is 0 Å². The van der Waals surface area contributed by atoms with E-state index in [0.29, 0.717) is 0 Å². The van der Waals surface area contributed by atoms with Gasteiger partial charge in [-0.1, -0.05) is 97.1 Å². The Morgan fingerprint density at radius 1 is 0.575 bits per heavy atom. The molecule has 8 aromatic rings. The Kier molecular flexibility index (Phi) is 5.01. The van der Waals surface area contributed by atoms with E-state index < -0.39 is 0 Å². The lowest BCUT2D eigenvalue weighted by Crippen LogP contribution is -1.95. The van der Waals surface area contributed by atoms with Crippen LogP contribution in [0.1, 0.15) is 5.56 Å². The van der Waals surface area contributed by atoms with Crippen LogP contribution in [-0.2, 0) is 0 Å². The van der Waals surface area contributed by atoms with Crippen LogP contribution in [0.4, 0.5) is 0 Å². The normalized spacial score (nSPS) is 11.6. The number of hydrogen-bond acceptors (Lipinski definition) is 3. The minimum absolute atomic E-state index is 0.920. The minimum Gasteiger partial charge on any atom is -0.254 e. The predicted octanol–water partition coefficient (Wildman–Crippen LogP) is 8.89. The van der Waals surface area contributed by atoms with Gasteiger partial charge in [0.2, 0.25) is 0 Å². The Morgan fingerprint density at radius 3 is 2.20 bits per heavy atom. The highest BCUT2D eigenvalue weighted by molar-refractivity contribution is 6.04. The summed E-state index contributed by atoms with van der Waals surface area (Å²) in [5.41, 5.74) is 10.4. The highest BCUT2D eigenvalue weighted by atomic mass is 15.2. The van der Waals surface area contributed by atoms with Crippen LogP contribution in [0, 0.1) is 6.92 Å². The average Bonchev–Trinajstić information content (AvgIpc) is 3.38. The molecule has 4 heterocycles. The van der Waals surface area contributed by atoms with Gasteiger partial charge in [-0.15, -0.1) is 0 Å². The van der Waals surface area contributed by atoms with Gasteiger partial charge < -0.3 is 0 Å². The molecule has 0 saturated heterocycles.